The fourth-order valence-electron chi connectivity index (χ4n) is 4.02. The first-order valence-corrected chi connectivity index (χ1v) is 14.8. The first kappa shape index (κ1) is 31.8. The molecule has 1 aromatic heterocycles. The van der Waals surface area contributed by atoms with Crippen LogP contribution in [0.4, 0.5) is 14.9 Å². The van der Waals surface area contributed by atoms with E-state index in [0.717, 1.165) is 44.2 Å². The summed E-state index contributed by atoms with van der Waals surface area (Å²) in [5.74, 6) is -4.07. The average molecular weight is 571 g/mol. The number of nitrogens with one attached hydrogen (secondary N) is 1. The van der Waals surface area contributed by atoms with E-state index < -0.39 is 31.9 Å². The second-order valence-electron chi connectivity index (χ2n) is 8.73. The number of aliphatic carboxylic acids is 1. The second kappa shape index (κ2) is 15.9. The summed E-state index contributed by atoms with van der Waals surface area (Å²) in [6, 6.07) is 5.85. The van der Waals surface area contributed by atoms with Gasteiger partial charge in [0.1, 0.15) is 5.82 Å². The van der Waals surface area contributed by atoms with Gasteiger partial charge in [-0.1, -0.05) is 25.6 Å². The minimum atomic E-state index is -2.86. The molecule has 10 nitrogen and oxygen atoms in total. The van der Waals surface area contributed by atoms with Crippen molar-refractivity contribution in [3.63, 3.8) is 0 Å². The van der Waals surface area contributed by atoms with Crippen molar-refractivity contribution in [3.05, 3.63) is 36.3 Å². The maximum absolute atomic E-state index is 13.8. The molecule has 0 spiro atoms. The summed E-state index contributed by atoms with van der Waals surface area (Å²) in [7, 11) is -2.86. The van der Waals surface area contributed by atoms with E-state index >= 15 is 0 Å². The smallest absolute Gasteiger partial charge is 0.335 e. The maximum Gasteiger partial charge on any atom is 0.335 e. The van der Waals surface area contributed by atoms with E-state index in [1.807, 2.05) is 6.92 Å². The van der Waals surface area contributed by atoms with Crippen molar-refractivity contribution in [2.75, 3.05) is 30.3 Å². The highest BCUT2D eigenvalue weighted by molar-refractivity contribution is 8.13. The van der Waals surface area contributed by atoms with Crippen molar-refractivity contribution < 1.29 is 33.7 Å². The lowest BCUT2D eigenvalue weighted by Crippen LogP contribution is -2.39. The molecule has 0 saturated carbocycles. The van der Waals surface area contributed by atoms with Crippen LogP contribution in [0.5, 0.6) is 0 Å². The average Bonchev–Trinajstić information content (AvgIpc) is 2.87. The standard InChI is InChI=1S/C25H36FN4O6PS/c1-4-29(5-2)14-6-8-17(3)30(21-12-13-27-20-16-18(26)10-11-19(20)21)25(34)38-15-7-9-22(31)28-23(24(32)33)37(35)36/h10-13,16-17,23,35-36H,4-9,14-15H2,1-3H3,(H,28,31)(H,32,33). The van der Waals surface area contributed by atoms with Gasteiger partial charge in [-0.05, 0) is 64.0 Å². The molecule has 2 rings (SSSR count). The van der Waals surface area contributed by atoms with Crippen LogP contribution in [0.3, 0.4) is 0 Å². The number of rotatable bonds is 15. The molecule has 38 heavy (non-hydrogen) atoms. The molecule has 1 heterocycles. The predicted octanol–water partition coefficient (Wildman–Crippen LogP) is 4.15. The Morgan fingerprint density at radius 3 is 2.50 bits per heavy atom. The molecule has 0 bridgehead atoms. The van der Waals surface area contributed by atoms with Crippen LogP contribution < -0.4 is 10.2 Å². The highest BCUT2D eigenvalue weighted by Gasteiger charge is 2.28. The van der Waals surface area contributed by atoms with E-state index in [1.54, 1.807) is 23.2 Å². The summed E-state index contributed by atoms with van der Waals surface area (Å²) in [4.78, 5) is 63.1. The lowest BCUT2D eigenvalue weighted by molar-refractivity contribution is -0.139. The molecule has 0 fully saturated rings. The topological polar surface area (TPSA) is 143 Å². The molecule has 2 aromatic rings. The van der Waals surface area contributed by atoms with Crippen molar-refractivity contribution in [1.29, 1.82) is 0 Å². The molecule has 4 N–H and O–H groups in total. The third kappa shape index (κ3) is 9.43. The van der Waals surface area contributed by atoms with Crippen LogP contribution in [0.1, 0.15) is 46.5 Å². The number of fused-ring (bicyclic) bond motifs is 1. The van der Waals surface area contributed by atoms with Gasteiger partial charge in [-0.2, -0.15) is 0 Å². The van der Waals surface area contributed by atoms with E-state index in [4.69, 9.17) is 14.9 Å². The zero-order chi connectivity index (χ0) is 28.2. The third-order valence-corrected chi connectivity index (χ3v) is 7.85. The second-order valence-corrected chi connectivity index (χ2v) is 10.9. The SMILES string of the molecule is CCN(CC)CCCC(C)N(C(=O)SCCCC(=O)NC(C(=O)O)P(O)O)c1ccnc2cc(F)ccc12. The fraction of sp³-hybridized carbons (Fsp3) is 0.520. The van der Waals surface area contributed by atoms with Gasteiger partial charge in [-0.25, -0.2) is 9.18 Å². The summed E-state index contributed by atoms with van der Waals surface area (Å²) < 4.78 is 13.8. The van der Waals surface area contributed by atoms with Crippen molar-refractivity contribution in [2.45, 2.75) is 58.3 Å². The lowest BCUT2D eigenvalue weighted by Gasteiger charge is -2.30. The normalized spacial score (nSPS) is 13.1. The van der Waals surface area contributed by atoms with Gasteiger partial charge in [0, 0.05) is 35.9 Å². The molecule has 0 saturated heterocycles. The zero-order valence-electron chi connectivity index (χ0n) is 21.8. The van der Waals surface area contributed by atoms with Gasteiger partial charge in [0.15, 0.2) is 5.78 Å². The number of anilines is 1. The molecule has 0 radical (unpaired) electrons. The van der Waals surface area contributed by atoms with Crippen molar-refractivity contribution in [2.24, 2.45) is 0 Å². The number of carbonyl (C=O) groups excluding carboxylic acids is 2. The number of amides is 2. The van der Waals surface area contributed by atoms with E-state index in [1.165, 1.54) is 12.1 Å². The molecule has 0 aliphatic rings. The first-order valence-electron chi connectivity index (χ1n) is 12.5. The summed E-state index contributed by atoms with van der Waals surface area (Å²) in [5.41, 5.74) is 1.07. The highest BCUT2D eigenvalue weighted by Crippen LogP contribution is 2.32. The molecule has 0 aliphatic heterocycles. The maximum atomic E-state index is 13.8. The minimum Gasteiger partial charge on any atom is -0.479 e. The van der Waals surface area contributed by atoms with Crippen LogP contribution >= 0.6 is 20.1 Å². The highest BCUT2D eigenvalue weighted by atomic mass is 32.2. The van der Waals surface area contributed by atoms with Gasteiger partial charge < -0.3 is 25.1 Å². The molecule has 2 atom stereocenters. The van der Waals surface area contributed by atoms with Crippen molar-refractivity contribution in [3.8, 4) is 0 Å². The Morgan fingerprint density at radius 2 is 1.87 bits per heavy atom. The van der Waals surface area contributed by atoms with Gasteiger partial charge in [-0.15, -0.1) is 0 Å². The Morgan fingerprint density at radius 1 is 1.16 bits per heavy atom. The number of carbonyl (C=O) groups is 3. The molecule has 2 amide bonds. The molecule has 2 unspecified atom stereocenters. The monoisotopic (exact) mass is 570 g/mol. The zero-order valence-corrected chi connectivity index (χ0v) is 23.6. The summed E-state index contributed by atoms with van der Waals surface area (Å²) >= 11 is 1.03. The van der Waals surface area contributed by atoms with Gasteiger partial charge in [-0.3, -0.25) is 19.5 Å². The van der Waals surface area contributed by atoms with Gasteiger partial charge >= 0.3 is 5.97 Å². The number of carboxylic acids is 1. The number of carboxylic acid groups (broad SMARTS) is 1. The van der Waals surface area contributed by atoms with E-state index in [9.17, 15) is 18.8 Å². The van der Waals surface area contributed by atoms with E-state index in [2.05, 4.69) is 29.0 Å². The minimum absolute atomic E-state index is 0.0792. The molecular weight excluding hydrogens is 534 g/mol. The molecule has 13 heteroatoms. The van der Waals surface area contributed by atoms with Crippen molar-refractivity contribution >= 4 is 53.8 Å². The Kier molecular flexibility index (Phi) is 13.3. The lowest BCUT2D eigenvalue weighted by atomic mass is 10.1. The number of thioether (sulfide) groups is 1. The number of hydrogen-bond donors (Lipinski definition) is 4. The Hall–Kier alpha value is -2.37. The van der Waals surface area contributed by atoms with Crippen LogP contribution in [0.2, 0.25) is 0 Å². The van der Waals surface area contributed by atoms with Crippen molar-refractivity contribution in [1.82, 2.24) is 15.2 Å². The van der Waals surface area contributed by atoms with Crippen LogP contribution in [-0.2, 0) is 9.59 Å². The molecule has 0 aliphatic carbocycles. The number of hydrogen-bond acceptors (Lipinski definition) is 8. The number of aromatic nitrogens is 1. The number of nitrogens with zero attached hydrogens (tertiary/aromatic N) is 3. The largest absolute Gasteiger partial charge is 0.479 e. The number of benzene rings is 1. The van der Waals surface area contributed by atoms with E-state index in [-0.39, 0.29) is 29.9 Å². The Balaban J connectivity index is 2.11. The van der Waals surface area contributed by atoms with E-state index in [0.29, 0.717) is 16.6 Å². The quantitative estimate of drug-likeness (QED) is 0.183. The summed E-state index contributed by atoms with van der Waals surface area (Å²) in [6.07, 6.45) is 3.38. The molecule has 1 aromatic carbocycles. The number of pyridine rings is 1. The Bertz CT molecular complexity index is 1090. The summed E-state index contributed by atoms with van der Waals surface area (Å²) in [5, 5.41) is 11.5. The fourth-order valence-corrected chi connectivity index (χ4v) is 5.35. The van der Waals surface area contributed by atoms with Crippen LogP contribution in [-0.4, -0.2) is 79.1 Å². The predicted molar refractivity (Wildman–Crippen MR) is 149 cm³/mol. The van der Waals surface area contributed by atoms with Gasteiger partial charge in [0.25, 0.3) is 5.24 Å². The first-order chi connectivity index (χ1) is 18.1. The van der Waals surface area contributed by atoms with Gasteiger partial charge in [0.05, 0.1) is 11.2 Å². The number of halogens is 1. The Labute approximate surface area is 227 Å². The summed E-state index contributed by atoms with van der Waals surface area (Å²) in [6.45, 7) is 8.99. The molecule has 210 valence electrons. The molecular formula is C25H36FN4O6PS. The van der Waals surface area contributed by atoms with Crippen LogP contribution in [0.25, 0.3) is 10.9 Å². The third-order valence-electron chi connectivity index (χ3n) is 6.11. The van der Waals surface area contributed by atoms with Crippen LogP contribution in [0.15, 0.2) is 30.5 Å². The van der Waals surface area contributed by atoms with Crippen LogP contribution in [0, 0.1) is 5.82 Å². The van der Waals surface area contributed by atoms with Gasteiger partial charge in [0.2, 0.25) is 14.3 Å².